The van der Waals surface area contributed by atoms with E-state index in [1.807, 2.05) is 6.07 Å². The third kappa shape index (κ3) is 3.88. The number of aromatic nitrogens is 3. The van der Waals surface area contributed by atoms with Gasteiger partial charge in [0.1, 0.15) is 12.4 Å². The summed E-state index contributed by atoms with van der Waals surface area (Å²) in [6.07, 6.45) is 1.74. The highest BCUT2D eigenvalue weighted by Gasteiger charge is 2.30. The first-order valence-corrected chi connectivity index (χ1v) is 11.0. The van der Waals surface area contributed by atoms with E-state index in [0.717, 1.165) is 53.3 Å². The molecule has 4 heterocycles. The highest BCUT2D eigenvalue weighted by Crippen LogP contribution is 2.39. The minimum absolute atomic E-state index is 0.203. The first-order chi connectivity index (χ1) is 15.4. The summed E-state index contributed by atoms with van der Waals surface area (Å²) in [4.78, 5) is 7.26. The predicted molar refractivity (Wildman–Crippen MR) is 125 cm³/mol. The van der Waals surface area contributed by atoms with Crippen LogP contribution in [0.5, 0.6) is 11.8 Å². The van der Waals surface area contributed by atoms with Crippen molar-refractivity contribution in [3.8, 4) is 34.0 Å². The fourth-order valence-corrected chi connectivity index (χ4v) is 4.37. The Labute approximate surface area is 188 Å². The van der Waals surface area contributed by atoms with Crippen LogP contribution in [0, 0.1) is 5.41 Å². The van der Waals surface area contributed by atoms with Crippen LogP contribution in [-0.4, -0.2) is 48.0 Å². The molecule has 2 aliphatic heterocycles. The molecule has 1 N–H and O–H groups in total. The van der Waals surface area contributed by atoms with Crippen molar-refractivity contribution in [3.05, 3.63) is 48.2 Å². The first-order valence-electron chi connectivity index (χ1n) is 11.0. The molecule has 5 rings (SSSR count). The molecule has 2 aliphatic rings. The Morgan fingerprint density at radius 3 is 2.75 bits per heavy atom. The average molecular weight is 432 g/mol. The van der Waals surface area contributed by atoms with Crippen LogP contribution in [0.1, 0.15) is 26.3 Å². The summed E-state index contributed by atoms with van der Waals surface area (Å²) in [6, 6.07) is 13.0. The van der Waals surface area contributed by atoms with Crippen molar-refractivity contribution in [2.75, 3.05) is 31.6 Å². The van der Waals surface area contributed by atoms with Crippen LogP contribution >= 0.6 is 0 Å². The Hall–Kier alpha value is -3.19. The molecule has 0 radical (unpaired) electrons. The van der Waals surface area contributed by atoms with Crippen molar-refractivity contribution in [2.24, 2.45) is 5.41 Å². The Bertz CT molecular complexity index is 1140. The molecule has 7 nitrogen and oxygen atoms in total. The van der Waals surface area contributed by atoms with E-state index in [1.165, 1.54) is 0 Å². The van der Waals surface area contributed by atoms with E-state index in [4.69, 9.17) is 14.5 Å². The number of fused-ring (bicyclic) bond motifs is 3. The maximum atomic E-state index is 6.11. The van der Waals surface area contributed by atoms with Gasteiger partial charge in [-0.05, 0) is 40.3 Å². The largest absolute Gasteiger partial charge is 0.480 e. The van der Waals surface area contributed by atoms with Crippen molar-refractivity contribution in [1.29, 1.82) is 0 Å². The Kier molecular flexibility index (Phi) is 5.21. The number of hydrogen-bond acceptors (Lipinski definition) is 7. The quantitative estimate of drug-likeness (QED) is 0.674. The average Bonchev–Trinajstić information content (AvgIpc) is 2.82. The number of nitrogens with zero attached hydrogens (tertiary/aromatic N) is 4. The van der Waals surface area contributed by atoms with Gasteiger partial charge >= 0.3 is 0 Å². The standard InChI is InChI=1S/C25H29N5O2/c1-25(2,3)21-14-30(10-9-26-21)22-8-7-20-19-6-5-16(11-18(19)15-32-24(20)28-22)17-12-23(31-4)29-27-13-17/h5-8,11-13,21,26H,9-10,14-15H2,1-4H3. The van der Waals surface area contributed by atoms with E-state index >= 15 is 0 Å². The van der Waals surface area contributed by atoms with Gasteiger partial charge in [-0.25, -0.2) is 0 Å². The minimum Gasteiger partial charge on any atom is -0.480 e. The number of pyridine rings is 1. The van der Waals surface area contributed by atoms with Gasteiger partial charge in [-0.15, -0.1) is 5.10 Å². The number of anilines is 1. The van der Waals surface area contributed by atoms with Gasteiger partial charge in [0.25, 0.3) is 0 Å². The maximum absolute atomic E-state index is 6.11. The van der Waals surface area contributed by atoms with Gasteiger partial charge < -0.3 is 19.7 Å². The molecule has 0 spiro atoms. The van der Waals surface area contributed by atoms with Crippen LogP contribution in [0.15, 0.2) is 42.6 Å². The van der Waals surface area contributed by atoms with Crippen molar-refractivity contribution >= 4 is 5.82 Å². The number of rotatable bonds is 3. The van der Waals surface area contributed by atoms with E-state index in [9.17, 15) is 0 Å². The summed E-state index contributed by atoms with van der Waals surface area (Å²) in [5.41, 5.74) is 5.56. The first kappa shape index (κ1) is 20.7. The molecule has 32 heavy (non-hydrogen) atoms. The highest BCUT2D eigenvalue weighted by atomic mass is 16.5. The second-order valence-electron chi connectivity index (χ2n) is 9.49. The molecule has 1 atom stereocenters. The molecule has 7 heteroatoms. The Morgan fingerprint density at radius 2 is 1.94 bits per heavy atom. The summed E-state index contributed by atoms with van der Waals surface area (Å²) in [6.45, 7) is 10.2. The minimum atomic E-state index is 0.203. The lowest BCUT2D eigenvalue weighted by molar-refractivity contribution is 0.252. The van der Waals surface area contributed by atoms with Crippen molar-refractivity contribution in [2.45, 2.75) is 33.4 Å². The fraction of sp³-hybridized carbons (Fsp3) is 0.400. The molecule has 1 aromatic carbocycles. The lowest BCUT2D eigenvalue weighted by Gasteiger charge is -2.41. The Balaban J connectivity index is 1.42. The third-order valence-corrected chi connectivity index (χ3v) is 6.32. The van der Waals surface area contributed by atoms with Gasteiger partial charge in [-0.2, -0.15) is 10.1 Å². The molecular formula is C25H29N5O2. The van der Waals surface area contributed by atoms with Gasteiger partial charge in [0.2, 0.25) is 11.8 Å². The van der Waals surface area contributed by atoms with E-state index in [1.54, 1.807) is 13.3 Å². The monoisotopic (exact) mass is 431 g/mol. The lowest BCUT2D eigenvalue weighted by Crippen LogP contribution is -2.56. The SMILES string of the molecule is COc1cc(-c2ccc3c(c2)COc2nc(N4CCNC(C(C)(C)C)C4)ccc2-3)cnn1. The number of piperazine rings is 1. The third-order valence-electron chi connectivity index (χ3n) is 6.32. The summed E-state index contributed by atoms with van der Waals surface area (Å²) in [5.74, 6) is 2.19. The van der Waals surface area contributed by atoms with Crippen LogP contribution in [-0.2, 0) is 6.61 Å². The van der Waals surface area contributed by atoms with Gasteiger partial charge in [-0.3, -0.25) is 0 Å². The molecule has 0 saturated carbocycles. The highest BCUT2D eigenvalue weighted by molar-refractivity contribution is 5.78. The Morgan fingerprint density at radius 1 is 1.09 bits per heavy atom. The van der Waals surface area contributed by atoms with Crippen molar-refractivity contribution in [1.82, 2.24) is 20.5 Å². The normalized spacial score (nSPS) is 17.9. The molecule has 2 aromatic heterocycles. The lowest BCUT2D eigenvalue weighted by atomic mass is 9.85. The van der Waals surface area contributed by atoms with Gasteiger partial charge in [0, 0.05) is 42.9 Å². The second kappa shape index (κ2) is 8.06. The van der Waals surface area contributed by atoms with Gasteiger partial charge in [0.05, 0.1) is 13.3 Å². The zero-order valence-electron chi connectivity index (χ0n) is 19.1. The molecule has 1 fully saturated rings. The summed E-state index contributed by atoms with van der Waals surface area (Å²) >= 11 is 0. The number of benzene rings is 1. The number of ether oxygens (including phenoxy) is 2. The summed E-state index contributed by atoms with van der Waals surface area (Å²) in [7, 11) is 1.59. The molecule has 1 saturated heterocycles. The van der Waals surface area contributed by atoms with E-state index in [2.05, 4.69) is 71.5 Å². The predicted octanol–water partition coefficient (Wildman–Crippen LogP) is 3.93. The fourth-order valence-electron chi connectivity index (χ4n) is 4.37. The number of methoxy groups -OCH3 is 1. The number of nitrogens with one attached hydrogen (secondary N) is 1. The maximum Gasteiger partial charge on any atom is 0.233 e. The van der Waals surface area contributed by atoms with E-state index in [0.29, 0.717) is 24.4 Å². The molecule has 166 valence electrons. The van der Waals surface area contributed by atoms with Gasteiger partial charge in [-0.1, -0.05) is 32.9 Å². The van der Waals surface area contributed by atoms with Crippen LogP contribution in [0.2, 0.25) is 0 Å². The van der Waals surface area contributed by atoms with Crippen molar-refractivity contribution < 1.29 is 9.47 Å². The molecule has 0 bridgehead atoms. The van der Waals surface area contributed by atoms with Crippen LogP contribution in [0.4, 0.5) is 5.82 Å². The van der Waals surface area contributed by atoms with Crippen LogP contribution < -0.4 is 19.7 Å². The van der Waals surface area contributed by atoms with E-state index in [-0.39, 0.29) is 5.41 Å². The second-order valence-corrected chi connectivity index (χ2v) is 9.49. The summed E-state index contributed by atoms with van der Waals surface area (Å²) < 4.78 is 11.3. The molecule has 0 amide bonds. The van der Waals surface area contributed by atoms with Crippen LogP contribution in [0.3, 0.4) is 0 Å². The van der Waals surface area contributed by atoms with Gasteiger partial charge in [0.15, 0.2) is 0 Å². The molecule has 1 unspecified atom stereocenters. The topological polar surface area (TPSA) is 72.4 Å². The van der Waals surface area contributed by atoms with E-state index < -0.39 is 0 Å². The molecule has 3 aromatic rings. The molecule has 0 aliphatic carbocycles. The zero-order chi connectivity index (χ0) is 22.3. The smallest absolute Gasteiger partial charge is 0.233 e. The summed E-state index contributed by atoms with van der Waals surface area (Å²) in [5, 5.41) is 11.6. The number of hydrogen-bond donors (Lipinski definition) is 1. The van der Waals surface area contributed by atoms with Crippen molar-refractivity contribution in [3.63, 3.8) is 0 Å². The zero-order valence-corrected chi connectivity index (χ0v) is 19.1. The van der Waals surface area contributed by atoms with Crippen LogP contribution in [0.25, 0.3) is 22.3 Å². The molecular weight excluding hydrogens is 402 g/mol.